The highest BCUT2D eigenvalue weighted by molar-refractivity contribution is 6.30. The van der Waals surface area contributed by atoms with Crippen molar-refractivity contribution < 1.29 is 9.53 Å². The molecule has 2 heterocycles. The molecule has 1 aliphatic heterocycles. The van der Waals surface area contributed by atoms with Crippen LogP contribution < -0.4 is 15.7 Å². The average Bonchev–Trinajstić information content (AvgIpc) is 3.18. The molecule has 1 amide bonds. The first-order chi connectivity index (χ1) is 13.0. The van der Waals surface area contributed by atoms with Gasteiger partial charge in [-0.3, -0.25) is 13.9 Å². The van der Waals surface area contributed by atoms with E-state index in [-0.39, 0.29) is 11.6 Å². The van der Waals surface area contributed by atoms with Gasteiger partial charge in [-0.2, -0.15) is 0 Å². The molecule has 0 fully saturated rings. The highest BCUT2D eigenvalue weighted by atomic mass is 35.5. The molecule has 1 aliphatic rings. The van der Waals surface area contributed by atoms with E-state index >= 15 is 0 Å². The maximum Gasteiger partial charge on any atom is 0.329 e. The Kier molecular flexibility index (Phi) is 4.44. The minimum Gasteiger partial charge on any atom is -0.480 e. The largest absolute Gasteiger partial charge is 0.480 e. The van der Waals surface area contributed by atoms with E-state index in [1.54, 1.807) is 21.3 Å². The lowest BCUT2D eigenvalue weighted by molar-refractivity contribution is -0.122. The first-order valence-electron chi connectivity index (χ1n) is 9.00. The Balaban J connectivity index is 1.59. The molecular formula is C20H20ClN3O3. The number of hydrogen-bond donors (Lipinski definition) is 1. The fourth-order valence-corrected chi connectivity index (χ4v) is 3.79. The van der Waals surface area contributed by atoms with Crippen molar-refractivity contribution in [3.05, 3.63) is 57.5 Å². The van der Waals surface area contributed by atoms with Gasteiger partial charge in [-0.25, -0.2) is 4.79 Å². The second kappa shape index (κ2) is 6.78. The quantitative estimate of drug-likeness (QED) is 0.748. The lowest BCUT2D eigenvalue weighted by Crippen LogP contribution is -2.31. The molecule has 0 saturated carbocycles. The number of benzene rings is 2. The maximum atomic E-state index is 12.6. The van der Waals surface area contributed by atoms with Gasteiger partial charge in [0.1, 0.15) is 5.75 Å². The van der Waals surface area contributed by atoms with Crippen LogP contribution in [0.25, 0.3) is 11.0 Å². The first kappa shape index (κ1) is 17.7. The van der Waals surface area contributed by atoms with Crippen LogP contribution in [0.5, 0.6) is 5.75 Å². The fraction of sp³-hybridized carbons (Fsp3) is 0.300. The molecule has 27 heavy (non-hydrogen) atoms. The van der Waals surface area contributed by atoms with Gasteiger partial charge >= 0.3 is 5.69 Å². The van der Waals surface area contributed by atoms with Crippen LogP contribution in [-0.4, -0.2) is 21.1 Å². The predicted octanol–water partition coefficient (Wildman–Crippen LogP) is 3.44. The smallest absolute Gasteiger partial charge is 0.329 e. The summed E-state index contributed by atoms with van der Waals surface area (Å²) < 4.78 is 9.17. The number of imidazole rings is 1. The topological polar surface area (TPSA) is 65.3 Å². The maximum absolute atomic E-state index is 12.6. The summed E-state index contributed by atoms with van der Waals surface area (Å²) >= 11 is 6.01. The number of anilines is 1. The van der Waals surface area contributed by atoms with Crippen molar-refractivity contribution in [3.63, 3.8) is 0 Å². The molecule has 7 heteroatoms. The number of amides is 1. The normalized spacial score (nSPS) is 15.6. The fourth-order valence-electron chi connectivity index (χ4n) is 3.59. The highest BCUT2D eigenvalue weighted by Crippen LogP contribution is 2.31. The van der Waals surface area contributed by atoms with Gasteiger partial charge in [0, 0.05) is 30.2 Å². The third-order valence-electron chi connectivity index (χ3n) is 4.91. The third kappa shape index (κ3) is 3.00. The van der Waals surface area contributed by atoms with Crippen molar-refractivity contribution in [2.45, 2.75) is 39.5 Å². The molecule has 140 valence electrons. The highest BCUT2D eigenvalue weighted by Gasteiger charge is 2.29. The van der Waals surface area contributed by atoms with Gasteiger partial charge in [0.2, 0.25) is 0 Å². The van der Waals surface area contributed by atoms with Gasteiger partial charge in [0.25, 0.3) is 5.91 Å². The Morgan fingerprint density at radius 3 is 2.63 bits per heavy atom. The van der Waals surface area contributed by atoms with Gasteiger partial charge < -0.3 is 10.1 Å². The number of carbonyl (C=O) groups is 1. The molecule has 0 bridgehead atoms. The molecule has 1 atom stereocenters. The number of aromatic nitrogens is 2. The lowest BCUT2D eigenvalue weighted by atomic mass is 10.1. The minimum absolute atomic E-state index is 0.0371. The molecule has 0 radical (unpaired) electrons. The van der Waals surface area contributed by atoms with Crippen molar-refractivity contribution in [1.29, 1.82) is 0 Å². The van der Waals surface area contributed by atoms with E-state index in [4.69, 9.17) is 16.3 Å². The summed E-state index contributed by atoms with van der Waals surface area (Å²) in [6, 6.07) is 10.9. The zero-order valence-corrected chi connectivity index (χ0v) is 15.9. The van der Waals surface area contributed by atoms with Crippen LogP contribution in [0.3, 0.4) is 0 Å². The Morgan fingerprint density at radius 2 is 1.89 bits per heavy atom. The molecule has 1 aromatic heterocycles. The number of rotatable bonds is 4. The number of aryl methyl sites for hydroxylation is 2. The summed E-state index contributed by atoms with van der Waals surface area (Å²) in [5.41, 5.74) is 3.20. The Bertz CT molecular complexity index is 1100. The van der Waals surface area contributed by atoms with Gasteiger partial charge in [-0.1, -0.05) is 11.6 Å². The van der Waals surface area contributed by atoms with Gasteiger partial charge in [-0.15, -0.1) is 0 Å². The van der Waals surface area contributed by atoms with E-state index in [1.165, 1.54) is 0 Å². The van der Waals surface area contributed by atoms with E-state index in [9.17, 15) is 9.59 Å². The predicted molar refractivity (Wildman–Crippen MR) is 106 cm³/mol. The molecular weight excluding hydrogens is 366 g/mol. The van der Waals surface area contributed by atoms with Crippen LogP contribution in [0.4, 0.5) is 5.69 Å². The summed E-state index contributed by atoms with van der Waals surface area (Å²) in [6.07, 6.45) is -0.113. The molecule has 3 aromatic rings. The van der Waals surface area contributed by atoms with Crippen LogP contribution in [-0.2, 0) is 24.3 Å². The molecule has 1 unspecified atom stereocenters. The van der Waals surface area contributed by atoms with Crippen molar-refractivity contribution in [3.8, 4) is 5.75 Å². The van der Waals surface area contributed by atoms with Crippen LogP contribution >= 0.6 is 11.6 Å². The standard InChI is InChI=1S/C20H20ClN3O3/c1-3-23-15-7-6-14(11-16(15)24(4-2)20(23)26)22-19(25)18-10-12-9-13(21)5-8-17(12)27-18/h5-9,11,18H,3-4,10H2,1-2H3,(H,22,25). The Labute approximate surface area is 161 Å². The van der Waals surface area contributed by atoms with E-state index in [1.807, 2.05) is 38.1 Å². The summed E-state index contributed by atoms with van der Waals surface area (Å²) in [5.74, 6) is 0.469. The second-order valence-corrected chi connectivity index (χ2v) is 6.96. The SMILES string of the molecule is CCn1c(=O)n(CC)c2cc(NC(=O)C3Cc4cc(Cl)ccc4O3)ccc21. The zero-order chi connectivity index (χ0) is 19.1. The molecule has 1 N–H and O–H groups in total. The number of hydrogen-bond acceptors (Lipinski definition) is 3. The molecule has 6 nitrogen and oxygen atoms in total. The second-order valence-electron chi connectivity index (χ2n) is 6.53. The average molecular weight is 386 g/mol. The van der Waals surface area contributed by atoms with E-state index < -0.39 is 6.10 Å². The molecule has 4 rings (SSSR count). The lowest BCUT2D eigenvalue weighted by Gasteiger charge is -2.12. The molecule has 2 aromatic carbocycles. The van der Waals surface area contributed by atoms with Crippen molar-refractivity contribution in [2.75, 3.05) is 5.32 Å². The third-order valence-corrected chi connectivity index (χ3v) is 5.14. The van der Waals surface area contributed by atoms with E-state index in [2.05, 4.69) is 5.32 Å². The summed E-state index contributed by atoms with van der Waals surface area (Å²) in [7, 11) is 0. The summed E-state index contributed by atoms with van der Waals surface area (Å²) in [4.78, 5) is 25.1. The van der Waals surface area contributed by atoms with Crippen molar-refractivity contribution >= 4 is 34.2 Å². The van der Waals surface area contributed by atoms with Gasteiger partial charge in [0.15, 0.2) is 6.10 Å². The molecule has 0 aliphatic carbocycles. The Hall–Kier alpha value is -2.73. The number of fused-ring (bicyclic) bond motifs is 2. The van der Waals surface area contributed by atoms with E-state index in [0.29, 0.717) is 36.0 Å². The van der Waals surface area contributed by atoms with Crippen LogP contribution in [0, 0.1) is 0 Å². The zero-order valence-electron chi connectivity index (χ0n) is 15.2. The van der Waals surface area contributed by atoms with Crippen LogP contribution in [0.1, 0.15) is 19.4 Å². The monoisotopic (exact) mass is 385 g/mol. The van der Waals surface area contributed by atoms with Crippen molar-refractivity contribution in [1.82, 2.24) is 9.13 Å². The summed E-state index contributed by atoms with van der Waals surface area (Å²) in [5, 5.41) is 3.53. The summed E-state index contributed by atoms with van der Waals surface area (Å²) in [6.45, 7) is 5.05. The van der Waals surface area contributed by atoms with Crippen LogP contribution in [0.2, 0.25) is 5.02 Å². The number of nitrogens with one attached hydrogen (secondary N) is 1. The number of ether oxygens (including phenoxy) is 1. The van der Waals surface area contributed by atoms with Gasteiger partial charge in [0.05, 0.1) is 11.0 Å². The molecule has 0 spiro atoms. The van der Waals surface area contributed by atoms with E-state index in [0.717, 1.165) is 16.6 Å². The van der Waals surface area contributed by atoms with Crippen molar-refractivity contribution in [2.24, 2.45) is 0 Å². The molecule has 0 saturated heterocycles. The number of halogens is 1. The van der Waals surface area contributed by atoms with Gasteiger partial charge in [-0.05, 0) is 55.8 Å². The first-order valence-corrected chi connectivity index (χ1v) is 9.38. The number of nitrogens with zero attached hydrogens (tertiary/aromatic N) is 2. The number of carbonyl (C=O) groups excluding carboxylic acids is 1. The van der Waals surface area contributed by atoms with Crippen LogP contribution in [0.15, 0.2) is 41.2 Å². The minimum atomic E-state index is -0.595. The Morgan fingerprint density at radius 1 is 1.15 bits per heavy atom.